The molecule has 1 aromatic rings. The van der Waals surface area contributed by atoms with E-state index in [1.807, 2.05) is 0 Å². The van der Waals surface area contributed by atoms with E-state index in [0.717, 1.165) is 0 Å². The molecule has 1 unspecified atom stereocenters. The number of aliphatic hydroxyl groups is 1. The molecular formula is C8H7F2IO. The minimum Gasteiger partial charge on any atom is -0.389 e. The van der Waals surface area contributed by atoms with E-state index < -0.39 is 17.7 Å². The maximum absolute atomic E-state index is 13.0. The Morgan fingerprint density at radius 1 is 1.33 bits per heavy atom. The summed E-state index contributed by atoms with van der Waals surface area (Å²) in [6.07, 6.45) is -0.975. The van der Waals surface area contributed by atoms with Gasteiger partial charge in [-0.1, -0.05) is 6.07 Å². The summed E-state index contributed by atoms with van der Waals surface area (Å²) in [5.74, 6) is -1.86. The van der Waals surface area contributed by atoms with E-state index in [9.17, 15) is 8.78 Å². The number of rotatable bonds is 1. The Bertz CT molecular complexity index is 299. The zero-order valence-electron chi connectivity index (χ0n) is 6.31. The van der Waals surface area contributed by atoms with Gasteiger partial charge in [-0.15, -0.1) is 0 Å². The average molecular weight is 284 g/mol. The highest BCUT2D eigenvalue weighted by Crippen LogP contribution is 2.22. The Balaban J connectivity index is 3.27. The van der Waals surface area contributed by atoms with Gasteiger partial charge in [-0.3, -0.25) is 0 Å². The maximum Gasteiger partial charge on any atom is 0.172 e. The number of aliphatic hydroxyl groups excluding tert-OH is 1. The van der Waals surface area contributed by atoms with Crippen LogP contribution in [0.1, 0.15) is 18.6 Å². The SMILES string of the molecule is CC(O)c1ccc(I)c(F)c1F. The fourth-order valence-corrected chi connectivity index (χ4v) is 1.28. The molecule has 1 atom stereocenters. The lowest BCUT2D eigenvalue weighted by Gasteiger charge is -2.06. The van der Waals surface area contributed by atoms with E-state index in [0.29, 0.717) is 0 Å². The third-order valence-corrected chi connectivity index (χ3v) is 2.35. The van der Waals surface area contributed by atoms with E-state index >= 15 is 0 Å². The molecule has 0 heterocycles. The lowest BCUT2D eigenvalue weighted by molar-refractivity contribution is 0.192. The van der Waals surface area contributed by atoms with Gasteiger partial charge < -0.3 is 5.11 Å². The van der Waals surface area contributed by atoms with Crippen LogP contribution in [0, 0.1) is 15.2 Å². The summed E-state index contributed by atoms with van der Waals surface area (Å²) >= 11 is 1.69. The standard InChI is InChI=1S/C8H7F2IO/c1-4(12)5-2-3-6(11)8(10)7(5)9/h2-4,12H,1H3. The predicted molar refractivity (Wildman–Crippen MR) is 49.7 cm³/mol. The third-order valence-electron chi connectivity index (χ3n) is 1.52. The van der Waals surface area contributed by atoms with Crippen molar-refractivity contribution < 1.29 is 13.9 Å². The predicted octanol–water partition coefficient (Wildman–Crippen LogP) is 2.62. The Kier molecular flexibility index (Phi) is 3.00. The van der Waals surface area contributed by atoms with Crippen molar-refractivity contribution in [1.29, 1.82) is 0 Å². The molecule has 0 aromatic heterocycles. The van der Waals surface area contributed by atoms with Gasteiger partial charge >= 0.3 is 0 Å². The van der Waals surface area contributed by atoms with Crippen LogP contribution in [0.3, 0.4) is 0 Å². The Labute approximate surface area is 82.5 Å². The molecule has 0 saturated heterocycles. The molecular weight excluding hydrogens is 277 g/mol. The smallest absolute Gasteiger partial charge is 0.172 e. The molecule has 1 aromatic carbocycles. The lowest BCUT2D eigenvalue weighted by atomic mass is 10.1. The number of hydrogen-bond acceptors (Lipinski definition) is 1. The summed E-state index contributed by atoms with van der Waals surface area (Å²) in [4.78, 5) is 0. The molecule has 0 aliphatic rings. The van der Waals surface area contributed by atoms with Gasteiger partial charge in [0.05, 0.1) is 9.67 Å². The number of hydrogen-bond donors (Lipinski definition) is 1. The van der Waals surface area contributed by atoms with Crippen molar-refractivity contribution >= 4 is 22.6 Å². The van der Waals surface area contributed by atoms with E-state index in [1.165, 1.54) is 19.1 Å². The lowest BCUT2D eigenvalue weighted by Crippen LogP contribution is -2.00. The van der Waals surface area contributed by atoms with Crippen LogP contribution in [0.15, 0.2) is 12.1 Å². The topological polar surface area (TPSA) is 20.2 Å². The van der Waals surface area contributed by atoms with Crippen molar-refractivity contribution in [3.8, 4) is 0 Å². The molecule has 4 heteroatoms. The maximum atomic E-state index is 13.0. The molecule has 0 bridgehead atoms. The second-order valence-corrected chi connectivity index (χ2v) is 3.60. The first kappa shape index (κ1) is 9.85. The van der Waals surface area contributed by atoms with E-state index in [1.54, 1.807) is 22.6 Å². The molecule has 1 nitrogen and oxygen atoms in total. The second-order valence-electron chi connectivity index (χ2n) is 2.44. The van der Waals surface area contributed by atoms with Crippen molar-refractivity contribution in [2.45, 2.75) is 13.0 Å². The monoisotopic (exact) mass is 284 g/mol. The molecule has 1 N–H and O–H groups in total. The summed E-state index contributed by atoms with van der Waals surface area (Å²) in [6, 6.07) is 2.81. The van der Waals surface area contributed by atoms with Crippen molar-refractivity contribution in [2.75, 3.05) is 0 Å². The van der Waals surface area contributed by atoms with Crippen LogP contribution in [0.4, 0.5) is 8.78 Å². The quantitative estimate of drug-likeness (QED) is 0.621. The van der Waals surface area contributed by atoms with E-state index in [4.69, 9.17) is 5.11 Å². The molecule has 0 spiro atoms. The number of halogens is 3. The fraction of sp³-hybridized carbons (Fsp3) is 0.250. The van der Waals surface area contributed by atoms with Gasteiger partial charge in [-0.05, 0) is 35.6 Å². The minimum atomic E-state index is -0.975. The Morgan fingerprint density at radius 3 is 2.42 bits per heavy atom. The first-order valence-electron chi connectivity index (χ1n) is 3.35. The first-order chi connectivity index (χ1) is 5.54. The normalized spacial score (nSPS) is 13.1. The van der Waals surface area contributed by atoms with E-state index in [-0.39, 0.29) is 9.13 Å². The highest BCUT2D eigenvalue weighted by Gasteiger charge is 2.14. The van der Waals surface area contributed by atoms with Crippen molar-refractivity contribution in [3.63, 3.8) is 0 Å². The van der Waals surface area contributed by atoms with Crippen LogP contribution in [-0.2, 0) is 0 Å². The van der Waals surface area contributed by atoms with Crippen LogP contribution < -0.4 is 0 Å². The van der Waals surface area contributed by atoms with Crippen molar-refractivity contribution in [1.82, 2.24) is 0 Å². The molecule has 66 valence electrons. The molecule has 0 amide bonds. The summed E-state index contributed by atoms with van der Waals surface area (Å²) in [7, 11) is 0. The van der Waals surface area contributed by atoms with Crippen molar-refractivity contribution in [2.24, 2.45) is 0 Å². The van der Waals surface area contributed by atoms with Gasteiger partial charge in [0.25, 0.3) is 0 Å². The number of benzene rings is 1. The molecule has 0 aliphatic carbocycles. The zero-order chi connectivity index (χ0) is 9.30. The summed E-state index contributed by atoms with van der Waals surface area (Å²) in [6.45, 7) is 1.39. The average Bonchev–Trinajstić information content (AvgIpc) is 2.00. The minimum absolute atomic E-state index is 0.00656. The third kappa shape index (κ3) is 1.74. The van der Waals surface area contributed by atoms with E-state index in [2.05, 4.69) is 0 Å². The molecule has 0 radical (unpaired) electrons. The van der Waals surface area contributed by atoms with Crippen LogP contribution in [0.25, 0.3) is 0 Å². The Hall–Kier alpha value is -0.230. The molecule has 1 rings (SSSR count). The summed E-state index contributed by atoms with van der Waals surface area (Å²) < 4.78 is 26.0. The summed E-state index contributed by atoms with van der Waals surface area (Å²) in [5.41, 5.74) is -0.00656. The molecule has 0 fully saturated rings. The molecule has 12 heavy (non-hydrogen) atoms. The van der Waals surface area contributed by atoms with Gasteiger partial charge in [-0.25, -0.2) is 8.78 Å². The van der Waals surface area contributed by atoms with Gasteiger partial charge in [-0.2, -0.15) is 0 Å². The Morgan fingerprint density at radius 2 is 1.92 bits per heavy atom. The van der Waals surface area contributed by atoms with Gasteiger partial charge in [0.1, 0.15) is 0 Å². The summed E-state index contributed by atoms with van der Waals surface area (Å²) in [5, 5.41) is 9.01. The molecule has 0 saturated carbocycles. The highest BCUT2D eigenvalue weighted by molar-refractivity contribution is 14.1. The largest absolute Gasteiger partial charge is 0.389 e. The zero-order valence-corrected chi connectivity index (χ0v) is 8.47. The van der Waals surface area contributed by atoms with Crippen LogP contribution in [0.2, 0.25) is 0 Å². The van der Waals surface area contributed by atoms with Crippen LogP contribution >= 0.6 is 22.6 Å². The van der Waals surface area contributed by atoms with Gasteiger partial charge in [0.2, 0.25) is 0 Å². The van der Waals surface area contributed by atoms with Gasteiger partial charge in [0.15, 0.2) is 11.6 Å². The second kappa shape index (κ2) is 3.66. The van der Waals surface area contributed by atoms with Crippen LogP contribution in [-0.4, -0.2) is 5.11 Å². The van der Waals surface area contributed by atoms with Crippen LogP contribution in [0.5, 0.6) is 0 Å². The molecule has 0 aliphatic heterocycles. The van der Waals surface area contributed by atoms with Gasteiger partial charge in [0, 0.05) is 5.56 Å². The van der Waals surface area contributed by atoms with Crippen molar-refractivity contribution in [3.05, 3.63) is 32.9 Å². The fourth-order valence-electron chi connectivity index (χ4n) is 0.863. The first-order valence-corrected chi connectivity index (χ1v) is 4.43. The highest BCUT2D eigenvalue weighted by atomic mass is 127.